The highest BCUT2D eigenvalue weighted by Gasteiger charge is 2.06. The number of aliphatic carboxylic acids is 1. The molecule has 8 heteroatoms. The zero-order valence-electron chi connectivity index (χ0n) is 11.8. The Kier molecular flexibility index (Phi) is 7.84. The number of nitrogens with one attached hydrogen (secondary N) is 1. The van der Waals surface area contributed by atoms with Gasteiger partial charge in [-0.15, -0.1) is 0 Å². The van der Waals surface area contributed by atoms with Crippen LogP contribution < -0.4 is 10.1 Å². The van der Waals surface area contributed by atoms with E-state index in [0.29, 0.717) is 6.42 Å². The fourth-order valence-electron chi connectivity index (χ4n) is 1.52. The second kappa shape index (κ2) is 9.67. The molecule has 0 atom stereocenters. The van der Waals surface area contributed by atoms with E-state index in [1.165, 1.54) is 6.07 Å². The molecule has 1 amide bonds. The van der Waals surface area contributed by atoms with E-state index in [1.54, 1.807) is 0 Å². The second-order valence-corrected chi connectivity index (χ2v) is 4.32. The third-order valence-electron chi connectivity index (χ3n) is 2.49. The van der Waals surface area contributed by atoms with Crippen LogP contribution in [0.15, 0.2) is 18.2 Å². The van der Waals surface area contributed by atoms with Crippen molar-refractivity contribution in [2.45, 2.75) is 12.8 Å². The van der Waals surface area contributed by atoms with E-state index >= 15 is 0 Å². The van der Waals surface area contributed by atoms with E-state index in [4.69, 9.17) is 14.6 Å². The van der Waals surface area contributed by atoms with Gasteiger partial charge in [-0.1, -0.05) is 0 Å². The van der Waals surface area contributed by atoms with Crippen molar-refractivity contribution in [3.8, 4) is 5.75 Å². The quantitative estimate of drug-likeness (QED) is 0.636. The molecule has 1 aromatic carbocycles. The Labute approximate surface area is 126 Å². The molecule has 122 valence electrons. The summed E-state index contributed by atoms with van der Waals surface area (Å²) in [5, 5.41) is 10.9. The van der Waals surface area contributed by atoms with Crippen LogP contribution in [0.3, 0.4) is 0 Å². The Morgan fingerprint density at radius 1 is 1.23 bits per heavy atom. The minimum absolute atomic E-state index is 0.0659. The van der Waals surface area contributed by atoms with Crippen LogP contribution >= 0.6 is 0 Å². The number of ether oxygens (including phenoxy) is 2. The van der Waals surface area contributed by atoms with Crippen LogP contribution in [-0.2, 0) is 14.3 Å². The highest BCUT2D eigenvalue weighted by molar-refractivity contribution is 5.75. The van der Waals surface area contributed by atoms with Crippen molar-refractivity contribution in [3.63, 3.8) is 0 Å². The van der Waals surface area contributed by atoms with Gasteiger partial charge in [0.1, 0.15) is 12.4 Å². The van der Waals surface area contributed by atoms with Crippen LogP contribution in [-0.4, -0.2) is 43.3 Å². The predicted molar refractivity (Wildman–Crippen MR) is 72.6 cm³/mol. The van der Waals surface area contributed by atoms with Gasteiger partial charge >= 0.3 is 5.97 Å². The van der Waals surface area contributed by atoms with Crippen molar-refractivity contribution in [2.75, 3.05) is 26.4 Å². The van der Waals surface area contributed by atoms with Gasteiger partial charge in [-0.25, -0.2) is 13.6 Å². The Hall–Kier alpha value is -2.22. The largest absolute Gasteiger partial charge is 0.491 e. The number of halogens is 2. The van der Waals surface area contributed by atoms with Gasteiger partial charge < -0.3 is 19.9 Å². The summed E-state index contributed by atoms with van der Waals surface area (Å²) < 4.78 is 35.7. The van der Waals surface area contributed by atoms with Crippen LogP contribution in [0.4, 0.5) is 8.78 Å². The summed E-state index contributed by atoms with van der Waals surface area (Å²) in [7, 11) is 0. The molecule has 0 unspecified atom stereocenters. The average molecular weight is 317 g/mol. The molecule has 22 heavy (non-hydrogen) atoms. The molecular weight excluding hydrogens is 300 g/mol. The van der Waals surface area contributed by atoms with Gasteiger partial charge in [0.15, 0.2) is 11.6 Å². The summed E-state index contributed by atoms with van der Waals surface area (Å²) in [4.78, 5) is 21.6. The lowest BCUT2D eigenvalue weighted by atomic mass is 10.3. The number of amides is 1. The molecule has 0 heterocycles. The molecule has 0 aromatic heterocycles. The first-order chi connectivity index (χ1) is 10.5. The molecule has 0 aliphatic heterocycles. The summed E-state index contributed by atoms with van der Waals surface area (Å²) in [5.41, 5.74) is 0. The van der Waals surface area contributed by atoms with E-state index in [0.717, 1.165) is 12.1 Å². The monoisotopic (exact) mass is 317 g/mol. The molecule has 0 aliphatic carbocycles. The lowest BCUT2D eigenvalue weighted by Crippen LogP contribution is -2.28. The van der Waals surface area contributed by atoms with Crippen LogP contribution in [0.25, 0.3) is 0 Å². The first-order valence-electron chi connectivity index (χ1n) is 6.63. The summed E-state index contributed by atoms with van der Waals surface area (Å²) >= 11 is 0. The number of carbonyl (C=O) groups excluding carboxylic acids is 1. The average Bonchev–Trinajstić information content (AvgIpc) is 2.44. The lowest BCUT2D eigenvalue weighted by molar-refractivity contribution is -0.142. The van der Waals surface area contributed by atoms with Crippen LogP contribution in [0.2, 0.25) is 0 Å². The van der Waals surface area contributed by atoms with Gasteiger partial charge in [-0.2, -0.15) is 0 Å². The molecular formula is C14H17F2NO5. The molecule has 1 aromatic rings. The molecule has 1 rings (SSSR count). The van der Waals surface area contributed by atoms with Crippen molar-refractivity contribution in [2.24, 2.45) is 0 Å². The molecule has 6 nitrogen and oxygen atoms in total. The number of hydrogen-bond acceptors (Lipinski definition) is 4. The maximum atomic E-state index is 13.2. The van der Waals surface area contributed by atoms with E-state index in [-0.39, 0.29) is 37.8 Å². The topological polar surface area (TPSA) is 84.9 Å². The predicted octanol–water partition coefficient (Wildman–Crippen LogP) is 1.34. The van der Waals surface area contributed by atoms with Gasteiger partial charge in [-0.05, 0) is 18.6 Å². The molecule has 0 fully saturated rings. The van der Waals surface area contributed by atoms with Gasteiger partial charge in [-0.3, -0.25) is 4.79 Å². The molecule has 0 spiro atoms. The summed E-state index contributed by atoms with van der Waals surface area (Å²) in [5.74, 6) is -2.86. The van der Waals surface area contributed by atoms with Gasteiger partial charge in [0, 0.05) is 19.0 Å². The maximum Gasteiger partial charge on any atom is 0.329 e. The van der Waals surface area contributed by atoms with Gasteiger partial charge in [0.05, 0.1) is 13.2 Å². The zero-order valence-corrected chi connectivity index (χ0v) is 11.8. The third-order valence-corrected chi connectivity index (χ3v) is 2.49. The summed E-state index contributed by atoms with van der Waals surface area (Å²) in [6, 6.07) is 2.99. The first kappa shape index (κ1) is 17.8. The number of carboxylic acids is 1. The molecule has 0 saturated carbocycles. The van der Waals surface area contributed by atoms with E-state index in [1.807, 2.05) is 0 Å². The van der Waals surface area contributed by atoms with Crippen LogP contribution in [0.1, 0.15) is 12.8 Å². The van der Waals surface area contributed by atoms with Crippen LogP contribution in [0.5, 0.6) is 5.75 Å². The fraction of sp³-hybridized carbons (Fsp3) is 0.429. The highest BCUT2D eigenvalue weighted by Crippen LogP contribution is 2.17. The van der Waals surface area contributed by atoms with Crippen molar-refractivity contribution in [3.05, 3.63) is 29.8 Å². The van der Waals surface area contributed by atoms with E-state index in [9.17, 15) is 18.4 Å². The second-order valence-electron chi connectivity index (χ2n) is 4.32. The van der Waals surface area contributed by atoms with Crippen molar-refractivity contribution >= 4 is 11.9 Å². The highest BCUT2D eigenvalue weighted by atomic mass is 19.1. The Balaban J connectivity index is 2.08. The smallest absolute Gasteiger partial charge is 0.329 e. The molecule has 0 aliphatic rings. The SMILES string of the molecule is O=C(O)COCCNC(=O)CCCOc1ccc(F)cc1F. The molecule has 0 bridgehead atoms. The minimum atomic E-state index is -1.07. The minimum Gasteiger partial charge on any atom is -0.491 e. The first-order valence-corrected chi connectivity index (χ1v) is 6.63. The standard InChI is InChI=1S/C14H17F2NO5/c15-10-3-4-12(11(16)8-10)22-6-1-2-13(18)17-5-7-21-9-14(19)20/h3-4,8H,1-2,5-7,9H2,(H,17,18)(H,19,20). The zero-order chi connectivity index (χ0) is 16.4. The Morgan fingerprint density at radius 2 is 2.00 bits per heavy atom. The van der Waals surface area contributed by atoms with Gasteiger partial charge in [0.2, 0.25) is 5.91 Å². The third kappa shape index (κ3) is 7.53. The number of hydrogen-bond donors (Lipinski definition) is 2. The van der Waals surface area contributed by atoms with Crippen LogP contribution in [0, 0.1) is 11.6 Å². The summed E-state index contributed by atoms with van der Waals surface area (Å²) in [6.45, 7) is 0.0212. The Bertz CT molecular complexity index is 510. The van der Waals surface area contributed by atoms with E-state index in [2.05, 4.69) is 5.32 Å². The normalized spacial score (nSPS) is 10.3. The number of carboxylic acid groups (broad SMARTS) is 1. The molecule has 0 radical (unpaired) electrons. The van der Waals surface area contributed by atoms with Gasteiger partial charge in [0.25, 0.3) is 0 Å². The molecule has 0 saturated heterocycles. The lowest BCUT2D eigenvalue weighted by Gasteiger charge is -2.08. The summed E-state index contributed by atoms with van der Waals surface area (Å²) in [6.07, 6.45) is 0.528. The number of rotatable bonds is 10. The Morgan fingerprint density at radius 3 is 2.68 bits per heavy atom. The maximum absolute atomic E-state index is 13.2. The molecule has 2 N–H and O–H groups in total. The number of benzene rings is 1. The van der Waals surface area contributed by atoms with Crippen molar-refractivity contribution < 1.29 is 33.0 Å². The van der Waals surface area contributed by atoms with Crippen molar-refractivity contribution in [1.29, 1.82) is 0 Å². The van der Waals surface area contributed by atoms with E-state index < -0.39 is 24.2 Å². The van der Waals surface area contributed by atoms with Crippen molar-refractivity contribution in [1.82, 2.24) is 5.32 Å². The number of carbonyl (C=O) groups is 2. The fourth-order valence-corrected chi connectivity index (χ4v) is 1.52.